The van der Waals surface area contributed by atoms with Crippen molar-refractivity contribution >= 4 is 11.7 Å². The van der Waals surface area contributed by atoms with E-state index >= 15 is 0 Å². The quantitative estimate of drug-likeness (QED) is 0.922. The number of carbonyl (C=O) groups excluding carboxylic acids is 1. The van der Waals surface area contributed by atoms with Crippen molar-refractivity contribution in [1.82, 2.24) is 19.9 Å². The lowest BCUT2D eigenvalue weighted by atomic mass is 10.0. The summed E-state index contributed by atoms with van der Waals surface area (Å²) in [7, 11) is 0. The zero-order chi connectivity index (χ0) is 16.1. The smallest absolute Gasteiger partial charge is 0.253 e. The summed E-state index contributed by atoms with van der Waals surface area (Å²) < 4.78 is 0. The molecule has 2 aromatic rings. The molecule has 0 atom stereocenters. The standard InChI is InChI=1S/C16H16N6O/c17-11-14-15(20-8-7-19-14)21-13-3-9-22(10-4-13)16(23)12-1-5-18-6-2-12/h1-2,5-8,13H,3-4,9-10H2,(H,20,21). The molecule has 0 bridgehead atoms. The number of nitrogens with zero attached hydrogens (tertiary/aromatic N) is 5. The molecule has 0 unspecified atom stereocenters. The van der Waals surface area contributed by atoms with Crippen molar-refractivity contribution in [2.24, 2.45) is 0 Å². The van der Waals surface area contributed by atoms with Crippen LogP contribution < -0.4 is 5.32 Å². The Kier molecular flexibility index (Phi) is 4.43. The van der Waals surface area contributed by atoms with Crippen LogP contribution in [0.15, 0.2) is 36.9 Å². The number of hydrogen-bond acceptors (Lipinski definition) is 6. The van der Waals surface area contributed by atoms with Crippen LogP contribution in [0.3, 0.4) is 0 Å². The Hall–Kier alpha value is -3.01. The van der Waals surface area contributed by atoms with Crippen molar-refractivity contribution in [2.45, 2.75) is 18.9 Å². The molecule has 1 amide bonds. The summed E-state index contributed by atoms with van der Waals surface area (Å²) in [5, 5.41) is 12.3. The van der Waals surface area contributed by atoms with Gasteiger partial charge in [-0.15, -0.1) is 0 Å². The van der Waals surface area contributed by atoms with Crippen LogP contribution in [0.25, 0.3) is 0 Å². The van der Waals surface area contributed by atoms with E-state index in [4.69, 9.17) is 5.26 Å². The molecule has 0 saturated carbocycles. The molecule has 7 heteroatoms. The molecule has 7 nitrogen and oxygen atoms in total. The number of anilines is 1. The van der Waals surface area contributed by atoms with Crippen LogP contribution in [-0.4, -0.2) is 44.9 Å². The lowest BCUT2D eigenvalue weighted by Gasteiger charge is -2.32. The van der Waals surface area contributed by atoms with Gasteiger partial charge in [-0.05, 0) is 25.0 Å². The maximum Gasteiger partial charge on any atom is 0.253 e. The van der Waals surface area contributed by atoms with Crippen LogP contribution in [-0.2, 0) is 0 Å². The number of aromatic nitrogens is 3. The van der Waals surface area contributed by atoms with E-state index in [1.165, 1.54) is 6.20 Å². The summed E-state index contributed by atoms with van der Waals surface area (Å²) in [5.74, 6) is 0.539. The molecule has 1 fully saturated rings. The summed E-state index contributed by atoms with van der Waals surface area (Å²) >= 11 is 0. The van der Waals surface area contributed by atoms with Gasteiger partial charge in [0.2, 0.25) is 0 Å². The molecule has 3 rings (SSSR count). The van der Waals surface area contributed by atoms with Crippen molar-refractivity contribution in [3.8, 4) is 6.07 Å². The molecule has 116 valence electrons. The van der Waals surface area contributed by atoms with Gasteiger partial charge in [-0.25, -0.2) is 9.97 Å². The summed E-state index contributed by atoms with van der Waals surface area (Å²) in [4.78, 5) is 26.3. The van der Waals surface area contributed by atoms with Gasteiger partial charge >= 0.3 is 0 Å². The van der Waals surface area contributed by atoms with Gasteiger partial charge in [-0.3, -0.25) is 9.78 Å². The Morgan fingerprint density at radius 1 is 1.17 bits per heavy atom. The minimum Gasteiger partial charge on any atom is -0.365 e. The van der Waals surface area contributed by atoms with Gasteiger partial charge in [0, 0.05) is 49.5 Å². The molecule has 0 aliphatic carbocycles. The Labute approximate surface area is 134 Å². The van der Waals surface area contributed by atoms with Crippen LogP contribution in [0, 0.1) is 11.3 Å². The first-order valence-corrected chi connectivity index (χ1v) is 7.45. The number of hydrogen-bond donors (Lipinski definition) is 1. The second-order valence-corrected chi connectivity index (χ2v) is 5.31. The van der Waals surface area contributed by atoms with E-state index in [1.807, 2.05) is 11.0 Å². The second-order valence-electron chi connectivity index (χ2n) is 5.31. The molecule has 1 aliphatic rings. The number of piperidine rings is 1. The number of amides is 1. The average Bonchev–Trinajstić information content (AvgIpc) is 2.63. The lowest BCUT2D eigenvalue weighted by molar-refractivity contribution is 0.0718. The number of pyridine rings is 1. The van der Waals surface area contributed by atoms with Gasteiger partial charge in [-0.2, -0.15) is 5.26 Å². The number of nitrogens with one attached hydrogen (secondary N) is 1. The van der Waals surface area contributed by atoms with Crippen LogP contribution in [0.4, 0.5) is 5.82 Å². The van der Waals surface area contributed by atoms with E-state index in [0.29, 0.717) is 30.2 Å². The van der Waals surface area contributed by atoms with E-state index in [2.05, 4.69) is 20.3 Å². The Morgan fingerprint density at radius 3 is 2.57 bits per heavy atom. The third kappa shape index (κ3) is 3.43. The van der Waals surface area contributed by atoms with Crippen LogP contribution in [0.1, 0.15) is 28.9 Å². The Morgan fingerprint density at radius 2 is 1.87 bits per heavy atom. The highest BCUT2D eigenvalue weighted by Crippen LogP contribution is 2.18. The molecule has 0 aromatic carbocycles. The van der Waals surface area contributed by atoms with Crippen molar-refractivity contribution in [3.63, 3.8) is 0 Å². The molecule has 3 heterocycles. The minimum absolute atomic E-state index is 0.0306. The number of carbonyl (C=O) groups is 1. The van der Waals surface area contributed by atoms with E-state index in [0.717, 1.165) is 12.8 Å². The zero-order valence-corrected chi connectivity index (χ0v) is 12.5. The summed E-state index contributed by atoms with van der Waals surface area (Å²) in [6.07, 6.45) is 7.92. The fourth-order valence-corrected chi connectivity index (χ4v) is 2.62. The summed E-state index contributed by atoms with van der Waals surface area (Å²) in [5.41, 5.74) is 0.954. The van der Waals surface area contributed by atoms with Gasteiger partial charge < -0.3 is 10.2 Å². The first kappa shape index (κ1) is 14.9. The third-order valence-corrected chi connectivity index (χ3v) is 3.85. The van der Waals surface area contributed by atoms with Crippen molar-refractivity contribution < 1.29 is 4.79 Å². The molecule has 2 aromatic heterocycles. The molecule has 0 spiro atoms. The predicted octanol–water partition coefficient (Wildman–Crippen LogP) is 1.46. The number of likely N-dealkylation sites (tertiary alicyclic amines) is 1. The highest BCUT2D eigenvalue weighted by Gasteiger charge is 2.24. The topological polar surface area (TPSA) is 94.8 Å². The fraction of sp³-hybridized carbons (Fsp3) is 0.312. The molecule has 1 aliphatic heterocycles. The summed E-state index contributed by atoms with van der Waals surface area (Å²) in [6, 6.07) is 5.66. The highest BCUT2D eigenvalue weighted by molar-refractivity contribution is 5.94. The monoisotopic (exact) mass is 308 g/mol. The molecule has 1 saturated heterocycles. The second kappa shape index (κ2) is 6.83. The molecular weight excluding hydrogens is 292 g/mol. The lowest BCUT2D eigenvalue weighted by Crippen LogP contribution is -2.42. The largest absolute Gasteiger partial charge is 0.365 e. The van der Waals surface area contributed by atoms with Gasteiger partial charge in [0.25, 0.3) is 5.91 Å². The number of nitriles is 1. The van der Waals surface area contributed by atoms with E-state index in [1.54, 1.807) is 30.7 Å². The number of rotatable bonds is 3. The van der Waals surface area contributed by atoms with Crippen LogP contribution in [0.5, 0.6) is 0 Å². The first-order valence-electron chi connectivity index (χ1n) is 7.45. The molecule has 1 N–H and O–H groups in total. The van der Waals surface area contributed by atoms with Crippen molar-refractivity contribution in [3.05, 3.63) is 48.2 Å². The molecule has 0 radical (unpaired) electrons. The Balaban J connectivity index is 1.59. The highest BCUT2D eigenvalue weighted by atomic mass is 16.2. The zero-order valence-electron chi connectivity index (χ0n) is 12.5. The van der Waals surface area contributed by atoms with Gasteiger partial charge in [0.05, 0.1) is 0 Å². The van der Waals surface area contributed by atoms with Gasteiger partial charge in [0.15, 0.2) is 11.5 Å². The Bertz CT molecular complexity index is 719. The van der Waals surface area contributed by atoms with E-state index in [9.17, 15) is 4.79 Å². The maximum atomic E-state index is 12.4. The SMILES string of the molecule is N#Cc1nccnc1NC1CCN(C(=O)c2ccncc2)CC1. The average molecular weight is 308 g/mol. The van der Waals surface area contributed by atoms with Crippen molar-refractivity contribution in [1.29, 1.82) is 5.26 Å². The van der Waals surface area contributed by atoms with E-state index < -0.39 is 0 Å². The molecule has 23 heavy (non-hydrogen) atoms. The predicted molar refractivity (Wildman–Crippen MR) is 83.5 cm³/mol. The minimum atomic E-state index is 0.0306. The van der Waals surface area contributed by atoms with E-state index in [-0.39, 0.29) is 11.9 Å². The maximum absolute atomic E-state index is 12.4. The summed E-state index contributed by atoms with van der Waals surface area (Å²) in [6.45, 7) is 1.34. The molecular formula is C16H16N6O. The van der Waals surface area contributed by atoms with Crippen LogP contribution in [0.2, 0.25) is 0 Å². The van der Waals surface area contributed by atoms with Crippen LogP contribution >= 0.6 is 0 Å². The van der Waals surface area contributed by atoms with Gasteiger partial charge in [0.1, 0.15) is 6.07 Å². The first-order chi connectivity index (χ1) is 11.3. The fourth-order valence-electron chi connectivity index (χ4n) is 2.62. The van der Waals surface area contributed by atoms with Crippen molar-refractivity contribution in [2.75, 3.05) is 18.4 Å². The van der Waals surface area contributed by atoms with Gasteiger partial charge in [-0.1, -0.05) is 0 Å². The third-order valence-electron chi connectivity index (χ3n) is 3.85. The normalized spacial score (nSPS) is 15.0.